The predicted octanol–water partition coefficient (Wildman–Crippen LogP) is 2.38. The van der Waals surface area contributed by atoms with E-state index in [1.54, 1.807) is 6.07 Å². The lowest BCUT2D eigenvalue weighted by molar-refractivity contribution is 0.627. The Morgan fingerprint density at radius 2 is 2.15 bits per heavy atom. The van der Waals surface area contributed by atoms with Crippen molar-refractivity contribution in [3.05, 3.63) is 51.7 Å². The maximum absolute atomic E-state index is 13.4. The second kappa shape index (κ2) is 6.43. The molecule has 20 heavy (non-hydrogen) atoms. The van der Waals surface area contributed by atoms with Crippen molar-refractivity contribution in [3.63, 3.8) is 0 Å². The highest BCUT2D eigenvalue weighted by atomic mass is 19.1. The SMILES string of the molecule is CCCNCc1cc(=O)[nH]c(-c2cc(F)ccc2C)n1. The van der Waals surface area contributed by atoms with Crippen molar-refractivity contribution in [1.29, 1.82) is 0 Å². The molecule has 0 bridgehead atoms. The van der Waals surface area contributed by atoms with Crippen LogP contribution in [0.4, 0.5) is 4.39 Å². The molecule has 0 saturated heterocycles. The molecule has 2 N–H and O–H groups in total. The van der Waals surface area contributed by atoms with Gasteiger partial charge in [-0.1, -0.05) is 13.0 Å². The van der Waals surface area contributed by atoms with Gasteiger partial charge in [-0.15, -0.1) is 0 Å². The van der Waals surface area contributed by atoms with Crippen LogP contribution in [0.2, 0.25) is 0 Å². The first-order valence-electron chi connectivity index (χ1n) is 6.67. The molecule has 106 valence electrons. The summed E-state index contributed by atoms with van der Waals surface area (Å²) in [7, 11) is 0. The Hall–Kier alpha value is -2.01. The highest BCUT2D eigenvalue weighted by Gasteiger charge is 2.08. The highest BCUT2D eigenvalue weighted by molar-refractivity contribution is 5.59. The number of aryl methyl sites for hydroxylation is 1. The Balaban J connectivity index is 2.36. The molecule has 0 aliphatic carbocycles. The largest absolute Gasteiger partial charge is 0.311 e. The molecule has 1 heterocycles. The number of hydrogen-bond acceptors (Lipinski definition) is 3. The summed E-state index contributed by atoms with van der Waals surface area (Å²) in [5.41, 5.74) is 1.90. The van der Waals surface area contributed by atoms with Gasteiger partial charge in [0.2, 0.25) is 0 Å². The normalized spacial score (nSPS) is 10.8. The third-order valence-corrected chi connectivity index (χ3v) is 2.98. The standard InChI is InChI=1S/C15H18FN3O/c1-3-6-17-9-12-8-14(20)19-15(18-12)13-7-11(16)5-4-10(13)2/h4-5,7-8,17H,3,6,9H2,1-2H3,(H,18,19,20). The summed E-state index contributed by atoms with van der Waals surface area (Å²) < 4.78 is 13.4. The van der Waals surface area contributed by atoms with Crippen molar-refractivity contribution >= 4 is 0 Å². The highest BCUT2D eigenvalue weighted by Crippen LogP contribution is 2.20. The number of hydrogen-bond donors (Lipinski definition) is 2. The van der Waals surface area contributed by atoms with Crippen molar-refractivity contribution in [1.82, 2.24) is 15.3 Å². The van der Waals surface area contributed by atoms with Crippen LogP contribution in [0.5, 0.6) is 0 Å². The van der Waals surface area contributed by atoms with Gasteiger partial charge in [0.05, 0.1) is 5.69 Å². The number of aromatic amines is 1. The van der Waals surface area contributed by atoms with Crippen molar-refractivity contribution in [2.75, 3.05) is 6.54 Å². The summed E-state index contributed by atoms with van der Waals surface area (Å²) in [6.07, 6.45) is 1.01. The zero-order valence-corrected chi connectivity index (χ0v) is 11.7. The number of benzene rings is 1. The van der Waals surface area contributed by atoms with Crippen molar-refractivity contribution in [3.8, 4) is 11.4 Å². The Labute approximate surface area is 117 Å². The lowest BCUT2D eigenvalue weighted by atomic mass is 10.1. The monoisotopic (exact) mass is 275 g/mol. The topological polar surface area (TPSA) is 57.8 Å². The Bertz CT molecular complexity index is 652. The first-order valence-corrected chi connectivity index (χ1v) is 6.67. The van der Waals surface area contributed by atoms with E-state index in [0.29, 0.717) is 23.6 Å². The van der Waals surface area contributed by atoms with Gasteiger partial charge in [-0.25, -0.2) is 9.37 Å². The second-order valence-electron chi connectivity index (χ2n) is 4.72. The summed E-state index contributed by atoms with van der Waals surface area (Å²) in [5, 5.41) is 3.19. The number of aromatic nitrogens is 2. The van der Waals surface area contributed by atoms with Crippen LogP contribution in [-0.2, 0) is 6.54 Å². The molecule has 1 aromatic heterocycles. The van der Waals surface area contributed by atoms with Crippen molar-refractivity contribution in [2.45, 2.75) is 26.8 Å². The zero-order valence-electron chi connectivity index (χ0n) is 11.7. The van der Waals surface area contributed by atoms with Crippen LogP contribution < -0.4 is 10.9 Å². The maximum Gasteiger partial charge on any atom is 0.251 e. The predicted molar refractivity (Wildman–Crippen MR) is 77.0 cm³/mol. The molecule has 0 atom stereocenters. The third-order valence-electron chi connectivity index (χ3n) is 2.98. The van der Waals surface area contributed by atoms with Gasteiger partial charge in [0.25, 0.3) is 5.56 Å². The number of H-pyrrole nitrogens is 1. The molecule has 0 amide bonds. The van der Waals surface area contributed by atoms with Crippen LogP contribution >= 0.6 is 0 Å². The van der Waals surface area contributed by atoms with Crippen LogP contribution in [0.15, 0.2) is 29.1 Å². The van der Waals surface area contributed by atoms with E-state index in [1.807, 2.05) is 6.92 Å². The van der Waals surface area contributed by atoms with Gasteiger partial charge in [-0.2, -0.15) is 0 Å². The minimum absolute atomic E-state index is 0.230. The van der Waals surface area contributed by atoms with Crippen LogP contribution in [0.1, 0.15) is 24.6 Å². The van der Waals surface area contributed by atoms with E-state index < -0.39 is 0 Å². The average molecular weight is 275 g/mol. The fraction of sp³-hybridized carbons (Fsp3) is 0.333. The summed E-state index contributed by atoms with van der Waals surface area (Å²) in [6, 6.07) is 5.91. The first kappa shape index (κ1) is 14.4. The van der Waals surface area contributed by atoms with Crippen LogP contribution in [-0.4, -0.2) is 16.5 Å². The molecule has 4 nitrogen and oxygen atoms in total. The second-order valence-corrected chi connectivity index (χ2v) is 4.72. The van der Waals surface area contributed by atoms with Crippen LogP contribution in [0.25, 0.3) is 11.4 Å². The molecule has 1 aromatic carbocycles. The molecule has 5 heteroatoms. The van der Waals surface area contributed by atoms with Gasteiger partial charge >= 0.3 is 0 Å². The molecule has 0 unspecified atom stereocenters. The summed E-state index contributed by atoms with van der Waals surface area (Å²) >= 11 is 0. The lowest BCUT2D eigenvalue weighted by Crippen LogP contribution is -2.18. The number of nitrogens with one attached hydrogen (secondary N) is 2. The number of nitrogens with zero attached hydrogens (tertiary/aromatic N) is 1. The molecule has 0 saturated carbocycles. The quantitative estimate of drug-likeness (QED) is 0.824. The Morgan fingerprint density at radius 1 is 1.35 bits per heavy atom. The minimum atomic E-state index is -0.345. The van der Waals surface area contributed by atoms with Gasteiger partial charge in [-0.3, -0.25) is 4.79 Å². The fourth-order valence-electron chi connectivity index (χ4n) is 1.97. The maximum atomic E-state index is 13.4. The molecule has 0 radical (unpaired) electrons. The molecule has 2 aromatic rings. The zero-order chi connectivity index (χ0) is 14.5. The van der Waals surface area contributed by atoms with Crippen LogP contribution in [0, 0.1) is 12.7 Å². The summed E-state index contributed by atoms with van der Waals surface area (Å²) in [6.45, 7) is 5.32. The van der Waals surface area contributed by atoms with E-state index in [1.165, 1.54) is 18.2 Å². The van der Waals surface area contributed by atoms with E-state index >= 15 is 0 Å². The average Bonchev–Trinajstić information content (AvgIpc) is 2.41. The van der Waals surface area contributed by atoms with Crippen LogP contribution in [0.3, 0.4) is 0 Å². The Morgan fingerprint density at radius 3 is 2.90 bits per heavy atom. The molecular weight excluding hydrogens is 257 g/mol. The fourth-order valence-corrected chi connectivity index (χ4v) is 1.97. The van der Waals surface area contributed by atoms with Gasteiger partial charge in [0.15, 0.2) is 0 Å². The van der Waals surface area contributed by atoms with Gasteiger partial charge < -0.3 is 10.3 Å². The summed E-state index contributed by atoms with van der Waals surface area (Å²) in [5.74, 6) is 0.0607. The van der Waals surface area contributed by atoms with E-state index in [4.69, 9.17) is 0 Å². The van der Waals surface area contributed by atoms with Gasteiger partial charge in [0, 0.05) is 18.2 Å². The van der Waals surface area contributed by atoms with E-state index in [9.17, 15) is 9.18 Å². The third kappa shape index (κ3) is 3.51. The van der Waals surface area contributed by atoms with Crippen molar-refractivity contribution < 1.29 is 4.39 Å². The van der Waals surface area contributed by atoms with E-state index in [0.717, 1.165) is 18.5 Å². The van der Waals surface area contributed by atoms with E-state index in [2.05, 4.69) is 22.2 Å². The number of rotatable bonds is 5. The molecular formula is C15H18FN3O. The van der Waals surface area contributed by atoms with E-state index in [-0.39, 0.29) is 11.4 Å². The molecule has 0 aliphatic heterocycles. The molecule has 2 rings (SSSR count). The number of halogens is 1. The smallest absolute Gasteiger partial charge is 0.251 e. The molecule has 0 aliphatic rings. The van der Waals surface area contributed by atoms with Crippen molar-refractivity contribution in [2.24, 2.45) is 0 Å². The first-order chi connectivity index (χ1) is 9.60. The Kier molecular flexibility index (Phi) is 4.63. The summed E-state index contributed by atoms with van der Waals surface area (Å²) in [4.78, 5) is 18.8. The van der Waals surface area contributed by atoms with Gasteiger partial charge in [0.1, 0.15) is 11.6 Å². The molecule has 0 spiro atoms. The lowest BCUT2D eigenvalue weighted by Gasteiger charge is -2.08. The molecule has 0 fully saturated rings. The minimum Gasteiger partial charge on any atom is -0.311 e. The van der Waals surface area contributed by atoms with Gasteiger partial charge in [-0.05, 0) is 37.6 Å².